The smallest absolute Gasteiger partial charge is 0.165 e. The van der Waals surface area contributed by atoms with Crippen LogP contribution in [0.25, 0.3) is 0 Å². The fraction of sp³-hybridized carbons (Fsp3) is 0.562. The number of hydrogen-bond donors (Lipinski definition) is 0. The van der Waals surface area contributed by atoms with Gasteiger partial charge in [0.2, 0.25) is 0 Å². The molecule has 0 fully saturated rings. The molecule has 0 saturated carbocycles. The van der Waals surface area contributed by atoms with Crippen molar-refractivity contribution in [3.63, 3.8) is 0 Å². The summed E-state index contributed by atoms with van der Waals surface area (Å²) in [6.45, 7) is 4.35. The number of nitrogens with zero attached hydrogens (tertiary/aromatic N) is 1. The highest BCUT2D eigenvalue weighted by Gasteiger charge is 2.19. The maximum atomic E-state index is 12.0. The number of Topliss-reactive ketones (excluding diaryl/α,β-unsaturated/α-hetero) is 1. The Labute approximate surface area is 110 Å². The molecule has 2 heteroatoms. The van der Waals surface area contributed by atoms with Crippen LogP contribution < -0.4 is 4.90 Å². The minimum Gasteiger partial charge on any atom is -0.371 e. The van der Waals surface area contributed by atoms with Gasteiger partial charge in [-0.2, -0.15) is 0 Å². The molecule has 98 valence electrons. The number of benzene rings is 1. The van der Waals surface area contributed by atoms with Crippen molar-refractivity contribution in [2.24, 2.45) is 0 Å². The lowest BCUT2D eigenvalue weighted by Crippen LogP contribution is -2.25. The molecule has 0 amide bonds. The monoisotopic (exact) mass is 245 g/mol. The van der Waals surface area contributed by atoms with E-state index in [0.717, 1.165) is 30.8 Å². The summed E-state index contributed by atoms with van der Waals surface area (Å²) < 4.78 is 0. The molecule has 1 aromatic carbocycles. The molecule has 0 aromatic heterocycles. The molecule has 0 aliphatic carbocycles. The molecule has 18 heavy (non-hydrogen) atoms. The fourth-order valence-corrected chi connectivity index (χ4v) is 2.63. The van der Waals surface area contributed by atoms with Crippen molar-refractivity contribution in [3.05, 3.63) is 29.8 Å². The number of anilines is 1. The molecule has 0 unspecified atom stereocenters. The standard InChI is InChI=1S/C16H23NO/c1-2-3-4-7-12-17-13-8-11-16(18)14-9-5-6-10-15(14)17/h5-6,9-10H,2-4,7-8,11-13H2,1H3. The summed E-state index contributed by atoms with van der Waals surface area (Å²) in [5.74, 6) is 0.307. The zero-order valence-corrected chi connectivity index (χ0v) is 11.3. The second-order valence-corrected chi connectivity index (χ2v) is 5.09. The lowest BCUT2D eigenvalue weighted by Gasteiger charge is -2.24. The van der Waals surface area contributed by atoms with Gasteiger partial charge >= 0.3 is 0 Å². The van der Waals surface area contributed by atoms with Crippen molar-refractivity contribution < 1.29 is 4.79 Å². The first-order valence-electron chi connectivity index (χ1n) is 7.20. The van der Waals surface area contributed by atoms with Crippen LogP contribution in [0.1, 0.15) is 55.8 Å². The molecular formula is C16H23NO. The summed E-state index contributed by atoms with van der Waals surface area (Å²) in [7, 11) is 0. The average Bonchev–Trinajstić information content (AvgIpc) is 2.56. The largest absolute Gasteiger partial charge is 0.371 e. The summed E-state index contributed by atoms with van der Waals surface area (Å²) in [6, 6.07) is 8.08. The third kappa shape index (κ3) is 3.12. The van der Waals surface area contributed by atoms with Crippen molar-refractivity contribution in [3.8, 4) is 0 Å². The first-order chi connectivity index (χ1) is 8.83. The van der Waals surface area contributed by atoms with E-state index in [-0.39, 0.29) is 0 Å². The number of ketones is 1. The quantitative estimate of drug-likeness (QED) is 0.729. The van der Waals surface area contributed by atoms with Crippen LogP contribution in [0, 0.1) is 0 Å². The molecule has 2 nitrogen and oxygen atoms in total. The second kappa shape index (κ2) is 6.58. The maximum absolute atomic E-state index is 12.0. The normalized spacial score (nSPS) is 15.4. The Morgan fingerprint density at radius 2 is 2.00 bits per heavy atom. The predicted molar refractivity (Wildman–Crippen MR) is 76.4 cm³/mol. The van der Waals surface area contributed by atoms with Crippen LogP contribution in [0.5, 0.6) is 0 Å². The van der Waals surface area contributed by atoms with Gasteiger partial charge in [-0.15, -0.1) is 0 Å². The van der Waals surface area contributed by atoms with Gasteiger partial charge in [-0.05, 0) is 25.0 Å². The fourth-order valence-electron chi connectivity index (χ4n) is 2.63. The molecule has 2 rings (SSSR count). The first-order valence-corrected chi connectivity index (χ1v) is 7.20. The summed E-state index contributed by atoms with van der Waals surface area (Å²) >= 11 is 0. The highest BCUT2D eigenvalue weighted by atomic mass is 16.1. The van der Waals surface area contributed by atoms with Gasteiger partial charge in [-0.25, -0.2) is 0 Å². The van der Waals surface area contributed by atoms with E-state index in [1.807, 2.05) is 18.2 Å². The van der Waals surface area contributed by atoms with Gasteiger partial charge in [-0.3, -0.25) is 4.79 Å². The number of carbonyl (C=O) groups excluding carboxylic acids is 1. The second-order valence-electron chi connectivity index (χ2n) is 5.09. The van der Waals surface area contributed by atoms with E-state index in [2.05, 4.69) is 17.9 Å². The van der Waals surface area contributed by atoms with Gasteiger partial charge < -0.3 is 4.90 Å². The van der Waals surface area contributed by atoms with Gasteiger partial charge in [0.1, 0.15) is 0 Å². The molecule has 1 aliphatic rings. The molecule has 0 spiro atoms. The Morgan fingerprint density at radius 3 is 2.83 bits per heavy atom. The van der Waals surface area contributed by atoms with Gasteiger partial charge in [0.25, 0.3) is 0 Å². The highest BCUT2D eigenvalue weighted by molar-refractivity contribution is 6.01. The van der Waals surface area contributed by atoms with E-state index in [9.17, 15) is 4.79 Å². The predicted octanol–water partition coefficient (Wildman–Crippen LogP) is 4.05. The van der Waals surface area contributed by atoms with Crippen LogP contribution in [-0.2, 0) is 0 Å². The van der Waals surface area contributed by atoms with Crippen molar-refractivity contribution in [2.45, 2.75) is 45.4 Å². The lowest BCUT2D eigenvalue weighted by molar-refractivity contribution is 0.0984. The van der Waals surface area contributed by atoms with Crippen LogP contribution in [-0.4, -0.2) is 18.9 Å². The number of fused-ring (bicyclic) bond motifs is 1. The Kier molecular flexibility index (Phi) is 4.80. The third-order valence-electron chi connectivity index (χ3n) is 3.66. The summed E-state index contributed by atoms with van der Waals surface area (Å²) in [4.78, 5) is 14.4. The Balaban J connectivity index is 2.06. The van der Waals surface area contributed by atoms with Gasteiger partial charge in [0, 0.05) is 30.8 Å². The molecular weight excluding hydrogens is 222 g/mol. The van der Waals surface area contributed by atoms with Crippen molar-refractivity contribution in [2.75, 3.05) is 18.0 Å². The molecule has 0 N–H and O–H groups in total. The van der Waals surface area contributed by atoms with Crippen molar-refractivity contribution in [1.82, 2.24) is 0 Å². The Bertz CT molecular complexity index is 400. The lowest BCUT2D eigenvalue weighted by atomic mass is 10.1. The minimum absolute atomic E-state index is 0.307. The van der Waals surface area contributed by atoms with Crippen LogP contribution in [0.2, 0.25) is 0 Å². The van der Waals surface area contributed by atoms with Gasteiger partial charge in [-0.1, -0.05) is 38.3 Å². The van der Waals surface area contributed by atoms with E-state index in [1.165, 1.54) is 25.7 Å². The molecule has 0 saturated heterocycles. The topological polar surface area (TPSA) is 20.3 Å². The van der Waals surface area contributed by atoms with Crippen LogP contribution in [0.3, 0.4) is 0 Å². The molecule has 0 bridgehead atoms. The van der Waals surface area contributed by atoms with Crippen molar-refractivity contribution >= 4 is 11.5 Å². The highest BCUT2D eigenvalue weighted by Crippen LogP contribution is 2.26. The van der Waals surface area contributed by atoms with Gasteiger partial charge in [0.15, 0.2) is 5.78 Å². The first kappa shape index (κ1) is 13.1. The molecule has 0 radical (unpaired) electrons. The summed E-state index contributed by atoms with van der Waals surface area (Å²) in [6.07, 6.45) is 6.80. The minimum atomic E-state index is 0.307. The number of carbonyl (C=O) groups is 1. The number of para-hydroxylation sites is 1. The zero-order chi connectivity index (χ0) is 12.8. The van der Waals surface area contributed by atoms with E-state index in [4.69, 9.17) is 0 Å². The number of unbranched alkanes of at least 4 members (excludes halogenated alkanes) is 3. The number of rotatable bonds is 5. The van der Waals surface area contributed by atoms with E-state index >= 15 is 0 Å². The number of hydrogen-bond acceptors (Lipinski definition) is 2. The Morgan fingerprint density at radius 1 is 1.17 bits per heavy atom. The van der Waals surface area contributed by atoms with Gasteiger partial charge in [0.05, 0.1) is 0 Å². The maximum Gasteiger partial charge on any atom is 0.165 e. The van der Waals surface area contributed by atoms with Crippen molar-refractivity contribution in [1.29, 1.82) is 0 Å². The SMILES string of the molecule is CCCCCCN1CCCC(=O)c2ccccc21. The van der Waals surface area contributed by atoms with E-state index in [0.29, 0.717) is 12.2 Å². The molecule has 1 aromatic rings. The summed E-state index contributed by atoms with van der Waals surface area (Å²) in [5, 5.41) is 0. The average molecular weight is 245 g/mol. The molecule has 1 aliphatic heterocycles. The van der Waals surface area contributed by atoms with E-state index < -0.39 is 0 Å². The zero-order valence-electron chi connectivity index (χ0n) is 11.3. The van der Waals surface area contributed by atoms with E-state index in [1.54, 1.807) is 0 Å². The van der Waals surface area contributed by atoms with Crippen LogP contribution in [0.4, 0.5) is 5.69 Å². The molecule has 0 atom stereocenters. The van der Waals surface area contributed by atoms with Crippen LogP contribution >= 0.6 is 0 Å². The van der Waals surface area contributed by atoms with Crippen LogP contribution in [0.15, 0.2) is 24.3 Å². The third-order valence-corrected chi connectivity index (χ3v) is 3.66. The molecule has 1 heterocycles. The Hall–Kier alpha value is -1.31. The summed E-state index contributed by atoms with van der Waals surface area (Å²) in [5.41, 5.74) is 2.07.